The first kappa shape index (κ1) is 16.4. The summed E-state index contributed by atoms with van der Waals surface area (Å²) in [7, 11) is 1.58. The molecule has 2 N–H and O–H groups in total. The highest BCUT2D eigenvalue weighted by molar-refractivity contribution is 5.80. The van der Waals surface area contributed by atoms with Gasteiger partial charge in [-0.15, -0.1) is 6.42 Å². The lowest BCUT2D eigenvalue weighted by Crippen LogP contribution is -2.43. The van der Waals surface area contributed by atoms with Gasteiger partial charge in [-0.1, -0.05) is 24.1 Å². The van der Waals surface area contributed by atoms with Gasteiger partial charge in [-0.3, -0.25) is 4.79 Å². The smallest absolute Gasteiger partial charge is 0.323 e. The maximum Gasteiger partial charge on any atom is 0.323 e. The number of carbonyl (C=O) groups is 2. The number of carboxylic acids is 1. The van der Waals surface area contributed by atoms with E-state index in [-0.39, 0.29) is 6.54 Å². The van der Waals surface area contributed by atoms with E-state index >= 15 is 0 Å². The Labute approximate surface area is 123 Å². The van der Waals surface area contributed by atoms with Crippen LogP contribution in [0.3, 0.4) is 0 Å². The fourth-order valence-electron chi connectivity index (χ4n) is 1.80. The largest absolute Gasteiger partial charge is 0.496 e. The number of terminal acetylenes is 1. The molecule has 1 aromatic carbocycles. The van der Waals surface area contributed by atoms with Gasteiger partial charge < -0.3 is 20.1 Å². The molecule has 1 rings (SSSR count). The predicted octanol–water partition coefficient (Wildman–Crippen LogP) is 0.967. The third-order valence-electron chi connectivity index (χ3n) is 2.76. The third-order valence-corrected chi connectivity index (χ3v) is 2.76. The highest BCUT2D eigenvalue weighted by Gasteiger charge is 2.15. The van der Waals surface area contributed by atoms with Crippen molar-refractivity contribution < 1.29 is 19.4 Å². The molecular weight excluding hydrogens is 272 g/mol. The summed E-state index contributed by atoms with van der Waals surface area (Å²) in [5.74, 6) is 1.90. The van der Waals surface area contributed by atoms with E-state index in [0.29, 0.717) is 13.0 Å². The Hall–Kier alpha value is -2.68. The summed E-state index contributed by atoms with van der Waals surface area (Å²) in [6, 6.07) is 7.00. The molecule has 6 nitrogen and oxygen atoms in total. The van der Waals surface area contributed by atoms with Gasteiger partial charge in [0.15, 0.2) is 0 Å². The molecule has 0 saturated heterocycles. The first-order valence-electron chi connectivity index (χ1n) is 6.38. The quantitative estimate of drug-likeness (QED) is 0.733. The van der Waals surface area contributed by atoms with Gasteiger partial charge in [-0.05, 0) is 18.1 Å². The zero-order valence-electron chi connectivity index (χ0n) is 11.8. The number of benzene rings is 1. The molecule has 0 aliphatic carbocycles. The molecule has 0 spiro atoms. The van der Waals surface area contributed by atoms with E-state index in [0.717, 1.165) is 16.2 Å². The van der Waals surface area contributed by atoms with Crippen molar-refractivity contribution in [2.45, 2.75) is 6.42 Å². The van der Waals surface area contributed by atoms with Gasteiger partial charge in [-0.2, -0.15) is 0 Å². The summed E-state index contributed by atoms with van der Waals surface area (Å²) in [6.07, 6.45) is 5.70. The number of ether oxygens (including phenoxy) is 1. The maximum absolute atomic E-state index is 11.8. The van der Waals surface area contributed by atoms with Crippen LogP contribution in [0.1, 0.15) is 5.56 Å². The summed E-state index contributed by atoms with van der Waals surface area (Å²) in [5, 5.41) is 11.4. The molecule has 0 fully saturated rings. The van der Waals surface area contributed by atoms with E-state index in [4.69, 9.17) is 16.3 Å². The third kappa shape index (κ3) is 5.45. The van der Waals surface area contributed by atoms with Crippen LogP contribution in [-0.2, 0) is 11.2 Å². The van der Waals surface area contributed by atoms with Crippen LogP contribution in [0.2, 0.25) is 0 Å². The van der Waals surface area contributed by atoms with Gasteiger partial charge >= 0.3 is 12.0 Å². The van der Waals surface area contributed by atoms with Crippen LogP contribution < -0.4 is 10.1 Å². The number of hydrogen-bond acceptors (Lipinski definition) is 3. The minimum Gasteiger partial charge on any atom is -0.496 e. The van der Waals surface area contributed by atoms with Crippen molar-refractivity contribution in [1.29, 1.82) is 0 Å². The van der Waals surface area contributed by atoms with Gasteiger partial charge in [0, 0.05) is 6.54 Å². The minimum absolute atomic E-state index is 0.0488. The minimum atomic E-state index is -1.11. The van der Waals surface area contributed by atoms with E-state index in [1.165, 1.54) is 0 Å². The predicted molar refractivity (Wildman–Crippen MR) is 78.1 cm³/mol. The summed E-state index contributed by atoms with van der Waals surface area (Å²) in [6.45, 7) is -0.114. The number of carbonyl (C=O) groups excluding carboxylic acids is 1. The van der Waals surface area contributed by atoms with Crippen molar-refractivity contribution in [3.63, 3.8) is 0 Å². The summed E-state index contributed by atoms with van der Waals surface area (Å²) >= 11 is 0. The molecule has 6 heteroatoms. The first-order chi connectivity index (χ1) is 10.1. The number of para-hydroxylation sites is 1. The zero-order valence-corrected chi connectivity index (χ0v) is 11.8. The number of carboxylic acid groups (broad SMARTS) is 1. The van der Waals surface area contributed by atoms with Crippen LogP contribution in [0.4, 0.5) is 4.79 Å². The van der Waals surface area contributed by atoms with Crippen LogP contribution in [0.15, 0.2) is 24.3 Å². The number of urea groups is 1. The van der Waals surface area contributed by atoms with Gasteiger partial charge in [-0.25, -0.2) is 4.79 Å². The standard InChI is InChI=1S/C15H18N2O4/c1-3-10-17(11-14(18)19)15(20)16-9-8-12-6-4-5-7-13(12)21-2/h1,4-7H,8-11H2,2H3,(H,16,20)(H,18,19). The highest BCUT2D eigenvalue weighted by Crippen LogP contribution is 2.17. The Morgan fingerprint density at radius 1 is 1.43 bits per heavy atom. The molecule has 2 amide bonds. The van der Waals surface area contributed by atoms with E-state index in [2.05, 4.69) is 11.2 Å². The Bertz CT molecular complexity index is 537. The molecule has 21 heavy (non-hydrogen) atoms. The SMILES string of the molecule is C#CCN(CC(=O)O)C(=O)NCCc1ccccc1OC. The van der Waals surface area contributed by atoms with Crippen LogP contribution in [0, 0.1) is 12.3 Å². The zero-order chi connectivity index (χ0) is 15.7. The molecule has 0 bridgehead atoms. The van der Waals surface area contributed by atoms with Gasteiger partial charge in [0.05, 0.1) is 13.7 Å². The van der Waals surface area contributed by atoms with Crippen LogP contribution in [-0.4, -0.2) is 48.8 Å². The van der Waals surface area contributed by atoms with Crippen LogP contribution in [0.5, 0.6) is 5.75 Å². The van der Waals surface area contributed by atoms with E-state index < -0.39 is 18.5 Å². The number of aliphatic carboxylic acids is 1. The Morgan fingerprint density at radius 3 is 2.76 bits per heavy atom. The molecule has 0 saturated carbocycles. The molecule has 0 aliphatic heterocycles. The molecule has 112 valence electrons. The van der Waals surface area contributed by atoms with Crippen molar-refractivity contribution in [2.75, 3.05) is 26.7 Å². The average molecular weight is 290 g/mol. The van der Waals surface area contributed by atoms with Crippen molar-refractivity contribution in [3.8, 4) is 18.1 Å². The van der Waals surface area contributed by atoms with Crippen LogP contribution in [0.25, 0.3) is 0 Å². The summed E-state index contributed by atoms with van der Waals surface area (Å²) < 4.78 is 5.21. The molecule has 0 unspecified atom stereocenters. The van der Waals surface area contributed by atoms with Crippen molar-refractivity contribution in [2.24, 2.45) is 0 Å². The Morgan fingerprint density at radius 2 is 2.14 bits per heavy atom. The number of amides is 2. The van der Waals surface area contributed by atoms with Crippen LogP contribution >= 0.6 is 0 Å². The highest BCUT2D eigenvalue weighted by atomic mass is 16.5. The number of rotatable bonds is 7. The fraction of sp³-hybridized carbons (Fsp3) is 0.333. The average Bonchev–Trinajstić information content (AvgIpc) is 2.46. The van der Waals surface area contributed by atoms with Gasteiger partial charge in [0.1, 0.15) is 12.3 Å². The van der Waals surface area contributed by atoms with Crippen molar-refractivity contribution >= 4 is 12.0 Å². The maximum atomic E-state index is 11.8. The molecular formula is C15H18N2O4. The Balaban J connectivity index is 2.51. The van der Waals surface area contributed by atoms with E-state index in [1.54, 1.807) is 7.11 Å². The normalized spacial score (nSPS) is 9.52. The Kier molecular flexibility index (Phi) is 6.61. The molecule has 0 heterocycles. The fourth-order valence-corrected chi connectivity index (χ4v) is 1.80. The second-order valence-electron chi connectivity index (χ2n) is 4.25. The second kappa shape index (κ2) is 8.48. The van der Waals surface area contributed by atoms with Crippen molar-refractivity contribution in [1.82, 2.24) is 10.2 Å². The second-order valence-corrected chi connectivity index (χ2v) is 4.25. The summed E-state index contributed by atoms with van der Waals surface area (Å²) in [5.41, 5.74) is 0.960. The lowest BCUT2D eigenvalue weighted by Gasteiger charge is -2.18. The molecule has 0 aromatic heterocycles. The number of methoxy groups -OCH3 is 1. The number of nitrogens with zero attached hydrogens (tertiary/aromatic N) is 1. The first-order valence-corrected chi connectivity index (χ1v) is 6.38. The number of hydrogen-bond donors (Lipinski definition) is 2. The lowest BCUT2D eigenvalue weighted by molar-refractivity contribution is -0.137. The molecule has 1 aromatic rings. The van der Waals surface area contributed by atoms with Crippen molar-refractivity contribution in [3.05, 3.63) is 29.8 Å². The molecule has 0 radical (unpaired) electrons. The monoisotopic (exact) mass is 290 g/mol. The van der Waals surface area contributed by atoms with Gasteiger partial charge in [0.2, 0.25) is 0 Å². The molecule has 0 aliphatic rings. The van der Waals surface area contributed by atoms with E-state index in [9.17, 15) is 9.59 Å². The van der Waals surface area contributed by atoms with E-state index in [1.807, 2.05) is 24.3 Å². The number of nitrogens with one attached hydrogen (secondary N) is 1. The lowest BCUT2D eigenvalue weighted by atomic mass is 10.1. The topological polar surface area (TPSA) is 78.9 Å². The molecule has 0 atom stereocenters. The van der Waals surface area contributed by atoms with Gasteiger partial charge in [0.25, 0.3) is 0 Å². The summed E-state index contributed by atoms with van der Waals surface area (Å²) in [4.78, 5) is 23.6.